The molecule has 1 rings (SSSR count). The highest BCUT2D eigenvalue weighted by atomic mass is 16.5. The normalized spacial score (nSPS) is 26.4. The molecule has 0 radical (unpaired) electrons. The van der Waals surface area contributed by atoms with Crippen LogP contribution >= 0.6 is 0 Å². The lowest BCUT2D eigenvalue weighted by Crippen LogP contribution is -2.69. The van der Waals surface area contributed by atoms with E-state index >= 15 is 0 Å². The van der Waals surface area contributed by atoms with Crippen molar-refractivity contribution in [2.75, 3.05) is 6.61 Å². The Balaban J connectivity index is 2.71. The van der Waals surface area contributed by atoms with Crippen LogP contribution in [0.3, 0.4) is 0 Å². The molecule has 0 heterocycles. The van der Waals surface area contributed by atoms with Crippen LogP contribution in [0, 0.1) is 5.41 Å². The average Bonchev–Trinajstić information content (AvgIpc) is 2.20. The lowest BCUT2D eigenvalue weighted by Gasteiger charge is -2.52. The average molecular weight is 227 g/mol. The maximum absolute atomic E-state index is 11.4. The zero-order valence-corrected chi connectivity index (χ0v) is 9.58. The number of carbonyl (C=O) groups excluding carboxylic acids is 1. The molecule has 5 nitrogen and oxygen atoms in total. The predicted octanol–water partition coefficient (Wildman–Crippen LogP) is 1.54. The van der Waals surface area contributed by atoms with Crippen molar-refractivity contribution in [1.29, 1.82) is 0 Å². The number of rotatable bonds is 4. The van der Waals surface area contributed by atoms with Gasteiger partial charge in [0.1, 0.15) is 12.1 Å². The second kappa shape index (κ2) is 4.15. The van der Waals surface area contributed by atoms with Crippen molar-refractivity contribution >= 4 is 12.1 Å². The molecule has 16 heavy (non-hydrogen) atoms. The van der Waals surface area contributed by atoms with E-state index in [0.717, 1.165) is 6.42 Å². The number of hydrogen-bond donors (Lipinski definition) is 2. The topological polar surface area (TPSA) is 75.6 Å². The van der Waals surface area contributed by atoms with Crippen molar-refractivity contribution in [2.24, 2.45) is 5.41 Å². The Labute approximate surface area is 94.5 Å². The summed E-state index contributed by atoms with van der Waals surface area (Å²) in [4.78, 5) is 22.6. The zero-order chi connectivity index (χ0) is 12.4. The van der Waals surface area contributed by atoms with E-state index in [2.05, 4.69) is 11.9 Å². The third-order valence-corrected chi connectivity index (χ3v) is 3.29. The van der Waals surface area contributed by atoms with Gasteiger partial charge < -0.3 is 15.2 Å². The second-order valence-corrected chi connectivity index (χ2v) is 4.61. The van der Waals surface area contributed by atoms with Crippen LogP contribution in [0.1, 0.15) is 26.7 Å². The van der Waals surface area contributed by atoms with Crippen LogP contribution in [0.4, 0.5) is 4.79 Å². The molecule has 90 valence electrons. The molecule has 0 spiro atoms. The van der Waals surface area contributed by atoms with Gasteiger partial charge >= 0.3 is 12.1 Å². The monoisotopic (exact) mass is 227 g/mol. The summed E-state index contributed by atoms with van der Waals surface area (Å²) in [7, 11) is 0. The van der Waals surface area contributed by atoms with E-state index in [1.54, 1.807) is 0 Å². The summed E-state index contributed by atoms with van der Waals surface area (Å²) < 4.78 is 4.73. The number of carboxylic acid groups (broad SMARTS) is 1. The van der Waals surface area contributed by atoms with Crippen LogP contribution in [0.2, 0.25) is 0 Å². The van der Waals surface area contributed by atoms with Gasteiger partial charge in [0.05, 0.1) is 0 Å². The first-order valence-corrected chi connectivity index (χ1v) is 5.15. The SMILES string of the molecule is C=CCOC(=O)NC1(C(=O)O)CCC1(C)C. The van der Waals surface area contributed by atoms with Crippen molar-refractivity contribution in [3.63, 3.8) is 0 Å². The summed E-state index contributed by atoms with van der Waals surface area (Å²) in [5.41, 5.74) is -1.66. The molecular formula is C11H17NO4. The van der Waals surface area contributed by atoms with E-state index in [9.17, 15) is 14.7 Å². The molecule has 1 amide bonds. The summed E-state index contributed by atoms with van der Waals surface area (Å²) in [5, 5.41) is 11.6. The predicted molar refractivity (Wildman–Crippen MR) is 58.1 cm³/mol. The van der Waals surface area contributed by atoms with E-state index in [1.807, 2.05) is 13.8 Å². The Kier molecular flexibility index (Phi) is 3.26. The summed E-state index contributed by atoms with van der Waals surface area (Å²) in [6, 6.07) is 0. The number of aliphatic carboxylic acids is 1. The van der Waals surface area contributed by atoms with Crippen LogP contribution in [0.15, 0.2) is 12.7 Å². The number of ether oxygens (including phenoxy) is 1. The van der Waals surface area contributed by atoms with Crippen LogP contribution in [-0.4, -0.2) is 29.3 Å². The summed E-state index contributed by atoms with van der Waals surface area (Å²) in [6.45, 7) is 7.11. The molecular weight excluding hydrogens is 210 g/mol. The van der Waals surface area contributed by atoms with E-state index in [0.29, 0.717) is 6.42 Å². The molecule has 0 aromatic rings. The Bertz CT molecular complexity index is 324. The molecule has 1 aliphatic carbocycles. The molecule has 0 bridgehead atoms. The van der Waals surface area contributed by atoms with Crippen molar-refractivity contribution in [3.8, 4) is 0 Å². The highest BCUT2D eigenvalue weighted by Gasteiger charge is 2.60. The van der Waals surface area contributed by atoms with Gasteiger partial charge in [-0.2, -0.15) is 0 Å². The summed E-state index contributed by atoms with van der Waals surface area (Å²) >= 11 is 0. The fourth-order valence-electron chi connectivity index (χ4n) is 1.90. The Hall–Kier alpha value is -1.52. The number of nitrogens with one attached hydrogen (secondary N) is 1. The van der Waals surface area contributed by atoms with Gasteiger partial charge in [0.2, 0.25) is 0 Å². The van der Waals surface area contributed by atoms with Gasteiger partial charge in [-0.3, -0.25) is 0 Å². The lowest BCUT2D eigenvalue weighted by molar-refractivity contribution is -0.159. The zero-order valence-electron chi connectivity index (χ0n) is 9.58. The number of hydrogen-bond acceptors (Lipinski definition) is 3. The maximum atomic E-state index is 11.4. The first-order valence-electron chi connectivity index (χ1n) is 5.15. The quantitative estimate of drug-likeness (QED) is 0.714. The standard InChI is InChI=1S/C11H17NO4/c1-4-7-16-9(15)12-11(8(13)14)6-5-10(11,2)3/h4H,1,5-7H2,2-3H3,(H,12,15)(H,13,14). The molecule has 0 aliphatic heterocycles. The first kappa shape index (κ1) is 12.5. The van der Waals surface area contributed by atoms with Gasteiger partial charge in [-0.25, -0.2) is 9.59 Å². The Morgan fingerprint density at radius 3 is 2.44 bits per heavy atom. The summed E-state index contributed by atoms with van der Waals surface area (Å²) in [6.07, 6.45) is 1.91. The van der Waals surface area contributed by atoms with Crippen molar-refractivity contribution in [1.82, 2.24) is 5.32 Å². The third-order valence-electron chi connectivity index (χ3n) is 3.29. The fraction of sp³-hybridized carbons (Fsp3) is 0.636. The lowest BCUT2D eigenvalue weighted by atomic mass is 9.56. The fourth-order valence-corrected chi connectivity index (χ4v) is 1.90. The maximum Gasteiger partial charge on any atom is 0.408 e. The third kappa shape index (κ3) is 1.89. The molecule has 0 saturated heterocycles. The van der Waals surface area contributed by atoms with E-state index in [1.165, 1.54) is 6.08 Å². The van der Waals surface area contributed by atoms with Crippen molar-refractivity contribution in [3.05, 3.63) is 12.7 Å². The number of alkyl carbamates (subject to hydrolysis) is 1. The number of carboxylic acids is 1. The van der Waals surface area contributed by atoms with Crippen molar-refractivity contribution in [2.45, 2.75) is 32.2 Å². The van der Waals surface area contributed by atoms with Gasteiger partial charge in [0.25, 0.3) is 0 Å². The molecule has 1 saturated carbocycles. The van der Waals surface area contributed by atoms with Gasteiger partial charge in [0, 0.05) is 0 Å². The largest absolute Gasteiger partial charge is 0.479 e. The highest BCUT2D eigenvalue weighted by Crippen LogP contribution is 2.49. The molecule has 1 atom stereocenters. The molecule has 0 aromatic heterocycles. The highest BCUT2D eigenvalue weighted by molar-refractivity contribution is 5.86. The van der Waals surface area contributed by atoms with Gasteiger partial charge in [-0.05, 0) is 18.3 Å². The molecule has 1 unspecified atom stereocenters. The van der Waals surface area contributed by atoms with E-state index in [4.69, 9.17) is 4.74 Å². The van der Waals surface area contributed by atoms with Gasteiger partial charge in [0.15, 0.2) is 0 Å². The Morgan fingerprint density at radius 1 is 1.50 bits per heavy atom. The van der Waals surface area contributed by atoms with Crippen molar-refractivity contribution < 1.29 is 19.4 Å². The minimum atomic E-state index is -1.20. The molecule has 0 aromatic carbocycles. The van der Waals surface area contributed by atoms with E-state index in [-0.39, 0.29) is 6.61 Å². The van der Waals surface area contributed by atoms with Crippen LogP contribution in [0.5, 0.6) is 0 Å². The second-order valence-electron chi connectivity index (χ2n) is 4.61. The molecule has 2 N–H and O–H groups in total. The Morgan fingerprint density at radius 2 is 2.12 bits per heavy atom. The summed E-state index contributed by atoms with van der Waals surface area (Å²) in [5.74, 6) is -1.01. The van der Waals surface area contributed by atoms with Crippen LogP contribution in [0.25, 0.3) is 0 Å². The molecule has 1 aliphatic rings. The first-order chi connectivity index (χ1) is 7.35. The molecule has 5 heteroatoms. The minimum absolute atomic E-state index is 0.0714. The van der Waals surface area contributed by atoms with E-state index < -0.39 is 23.0 Å². The van der Waals surface area contributed by atoms with Gasteiger partial charge in [-0.1, -0.05) is 26.5 Å². The smallest absolute Gasteiger partial charge is 0.408 e. The molecule has 1 fully saturated rings. The van der Waals surface area contributed by atoms with Crippen LogP contribution in [-0.2, 0) is 9.53 Å². The van der Waals surface area contributed by atoms with Gasteiger partial charge in [-0.15, -0.1) is 0 Å². The number of carbonyl (C=O) groups is 2. The van der Waals surface area contributed by atoms with Crippen LogP contribution < -0.4 is 5.32 Å². The number of amides is 1. The minimum Gasteiger partial charge on any atom is -0.479 e.